The predicted molar refractivity (Wildman–Crippen MR) is 92.4 cm³/mol. The molecule has 5 heteroatoms. The highest BCUT2D eigenvalue weighted by molar-refractivity contribution is 8.93. The van der Waals surface area contributed by atoms with E-state index in [4.69, 9.17) is 0 Å². The minimum Gasteiger partial charge on any atom is -0.306 e. The molecule has 0 radical (unpaired) electrons. The van der Waals surface area contributed by atoms with Crippen molar-refractivity contribution < 1.29 is 4.92 Å². The Labute approximate surface area is 140 Å². The van der Waals surface area contributed by atoms with Gasteiger partial charge in [-0.15, -0.1) is 17.0 Å². The second-order valence-corrected chi connectivity index (χ2v) is 5.41. The number of hydrogen-bond acceptors (Lipinski definition) is 3. The van der Waals surface area contributed by atoms with Crippen LogP contribution in [0.3, 0.4) is 0 Å². The lowest BCUT2D eigenvalue weighted by Crippen LogP contribution is -2.25. The molecule has 2 aromatic rings. The van der Waals surface area contributed by atoms with Gasteiger partial charge in [0.25, 0.3) is 5.69 Å². The fourth-order valence-corrected chi connectivity index (χ4v) is 3.04. The number of rotatable bonds is 4. The van der Waals surface area contributed by atoms with Gasteiger partial charge in [-0.3, -0.25) is 10.1 Å². The zero-order valence-electron chi connectivity index (χ0n) is 12.2. The average molecular weight is 363 g/mol. The first-order chi connectivity index (χ1) is 10.3. The van der Waals surface area contributed by atoms with Gasteiger partial charge in [0.2, 0.25) is 0 Å². The van der Waals surface area contributed by atoms with Crippen LogP contribution in [0.1, 0.15) is 35.6 Å². The Hall–Kier alpha value is -1.72. The predicted octanol–water partition coefficient (Wildman–Crippen LogP) is 4.34. The van der Waals surface area contributed by atoms with Crippen molar-refractivity contribution in [1.29, 1.82) is 0 Å². The summed E-state index contributed by atoms with van der Waals surface area (Å²) < 4.78 is 0. The topological polar surface area (TPSA) is 55.2 Å². The third-order valence-corrected chi connectivity index (χ3v) is 4.10. The maximum Gasteiger partial charge on any atom is 0.273 e. The van der Waals surface area contributed by atoms with Gasteiger partial charge in [-0.2, -0.15) is 0 Å². The normalized spacial score (nSPS) is 16.5. The Kier molecular flexibility index (Phi) is 5.69. The smallest absolute Gasteiger partial charge is 0.273 e. The van der Waals surface area contributed by atoms with E-state index in [9.17, 15) is 10.1 Å². The highest BCUT2D eigenvalue weighted by Crippen LogP contribution is 2.30. The molecular weight excluding hydrogens is 344 g/mol. The maximum atomic E-state index is 11.0. The van der Waals surface area contributed by atoms with Gasteiger partial charge in [0.1, 0.15) is 0 Å². The van der Waals surface area contributed by atoms with Crippen molar-refractivity contribution in [2.24, 2.45) is 0 Å². The van der Waals surface area contributed by atoms with Crippen molar-refractivity contribution >= 4 is 22.7 Å². The van der Waals surface area contributed by atoms with Crippen LogP contribution >= 0.6 is 17.0 Å². The van der Waals surface area contributed by atoms with Gasteiger partial charge in [0.05, 0.1) is 4.92 Å². The Morgan fingerprint density at radius 1 is 1.14 bits per heavy atom. The lowest BCUT2D eigenvalue weighted by molar-refractivity contribution is -0.385. The summed E-state index contributed by atoms with van der Waals surface area (Å²) in [6, 6.07) is 15.7. The van der Waals surface area contributed by atoms with Crippen LogP contribution in [-0.2, 0) is 13.0 Å². The van der Waals surface area contributed by atoms with Crippen molar-refractivity contribution in [1.82, 2.24) is 5.32 Å². The molecule has 1 aliphatic rings. The number of hydrogen-bond donors (Lipinski definition) is 1. The molecule has 0 aromatic heterocycles. The molecule has 1 atom stereocenters. The summed E-state index contributed by atoms with van der Waals surface area (Å²) in [5, 5.41) is 14.5. The molecule has 116 valence electrons. The molecule has 3 rings (SSSR count). The zero-order valence-corrected chi connectivity index (χ0v) is 13.9. The second-order valence-electron chi connectivity index (χ2n) is 5.41. The Bertz CT molecular complexity index is 661. The summed E-state index contributed by atoms with van der Waals surface area (Å²) in [4.78, 5) is 10.7. The molecule has 0 bridgehead atoms. The minimum atomic E-state index is -0.314. The Morgan fingerprint density at radius 2 is 1.86 bits per heavy atom. The molecule has 0 fully saturated rings. The van der Waals surface area contributed by atoms with E-state index in [-0.39, 0.29) is 33.6 Å². The van der Waals surface area contributed by atoms with E-state index in [1.165, 1.54) is 11.1 Å². The number of nitro groups is 1. The summed E-state index contributed by atoms with van der Waals surface area (Å²) in [5.41, 5.74) is 3.66. The monoisotopic (exact) mass is 362 g/mol. The minimum absolute atomic E-state index is 0. The number of fused-ring (bicyclic) bond motifs is 1. The van der Waals surface area contributed by atoms with Crippen molar-refractivity contribution in [3.05, 3.63) is 75.3 Å². The molecule has 1 unspecified atom stereocenters. The molecule has 0 spiro atoms. The van der Waals surface area contributed by atoms with Gasteiger partial charge in [0.15, 0.2) is 0 Å². The second kappa shape index (κ2) is 7.51. The molecule has 2 aromatic carbocycles. The van der Waals surface area contributed by atoms with E-state index in [0.717, 1.165) is 24.8 Å². The number of halogens is 1. The van der Waals surface area contributed by atoms with Gasteiger partial charge in [-0.1, -0.05) is 42.5 Å². The summed E-state index contributed by atoms with van der Waals surface area (Å²) in [6.07, 6.45) is 3.36. The number of para-hydroxylation sites is 1. The summed E-state index contributed by atoms with van der Waals surface area (Å²) >= 11 is 0. The fourth-order valence-electron chi connectivity index (χ4n) is 3.04. The molecule has 22 heavy (non-hydrogen) atoms. The Morgan fingerprint density at radius 3 is 2.68 bits per heavy atom. The van der Waals surface area contributed by atoms with E-state index in [2.05, 4.69) is 29.6 Å². The van der Waals surface area contributed by atoms with E-state index in [1.807, 2.05) is 12.1 Å². The highest BCUT2D eigenvalue weighted by atomic mass is 79.9. The van der Waals surface area contributed by atoms with Gasteiger partial charge >= 0.3 is 0 Å². The van der Waals surface area contributed by atoms with Crippen LogP contribution in [0.2, 0.25) is 0 Å². The molecule has 4 nitrogen and oxygen atoms in total. The summed E-state index contributed by atoms with van der Waals surface area (Å²) in [5.74, 6) is 0. The third-order valence-electron chi connectivity index (χ3n) is 4.10. The number of benzene rings is 2. The van der Waals surface area contributed by atoms with Gasteiger partial charge < -0.3 is 5.32 Å². The highest BCUT2D eigenvalue weighted by Gasteiger charge is 2.20. The lowest BCUT2D eigenvalue weighted by Gasteiger charge is -2.26. The van der Waals surface area contributed by atoms with Crippen molar-refractivity contribution in [3.8, 4) is 0 Å². The van der Waals surface area contributed by atoms with E-state index in [1.54, 1.807) is 12.1 Å². The first-order valence-corrected chi connectivity index (χ1v) is 7.29. The third kappa shape index (κ3) is 3.54. The van der Waals surface area contributed by atoms with Crippen LogP contribution < -0.4 is 5.32 Å². The van der Waals surface area contributed by atoms with Crippen LogP contribution in [0.5, 0.6) is 0 Å². The standard InChI is InChI=1S/C17H18N2O2.BrH/c20-19(21)17-11-4-2-7-14(17)12-18-16-10-5-8-13-6-1-3-9-15(13)16;/h1-4,6-7,9,11,16,18H,5,8,10,12H2;1H. The lowest BCUT2D eigenvalue weighted by atomic mass is 9.87. The number of aryl methyl sites for hydroxylation is 1. The molecule has 0 saturated heterocycles. The van der Waals surface area contributed by atoms with Crippen LogP contribution in [0.4, 0.5) is 5.69 Å². The molecule has 0 aliphatic heterocycles. The van der Waals surface area contributed by atoms with Crippen molar-refractivity contribution in [2.45, 2.75) is 31.8 Å². The summed E-state index contributed by atoms with van der Waals surface area (Å²) in [7, 11) is 0. The van der Waals surface area contributed by atoms with Crippen LogP contribution in [0.15, 0.2) is 48.5 Å². The van der Waals surface area contributed by atoms with Crippen molar-refractivity contribution in [2.75, 3.05) is 0 Å². The summed E-state index contributed by atoms with van der Waals surface area (Å²) in [6.45, 7) is 0.524. The SMILES string of the molecule is Br.O=[N+]([O-])c1ccccc1CNC1CCCc2ccccc21. The molecule has 1 N–H and O–H groups in total. The Balaban J connectivity index is 0.00000176. The first kappa shape index (κ1) is 16.6. The maximum absolute atomic E-state index is 11.0. The van der Waals surface area contributed by atoms with E-state index in [0.29, 0.717) is 6.54 Å². The van der Waals surface area contributed by atoms with E-state index < -0.39 is 0 Å². The van der Waals surface area contributed by atoms with Gasteiger partial charge in [-0.25, -0.2) is 0 Å². The fraction of sp³-hybridized carbons (Fsp3) is 0.294. The van der Waals surface area contributed by atoms with E-state index >= 15 is 0 Å². The number of nitro benzene ring substituents is 1. The number of nitrogens with zero attached hydrogens (tertiary/aromatic N) is 1. The van der Waals surface area contributed by atoms with Crippen LogP contribution in [-0.4, -0.2) is 4.92 Å². The van der Waals surface area contributed by atoms with Gasteiger partial charge in [0, 0.05) is 24.2 Å². The first-order valence-electron chi connectivity index (χ1n) is 7.29. The van der Waals surface area contributed by atoms with Gasteiger partial charge in [-0.05, 0) is 30.4 Å². The van der Waals surface area contributed by atoms with Crippen molar-refractivity contribution in [3.63, 3.8) is 0 Å². The average Bonchev–Trinajstić information content (AvgIpc) is 2.53. The molecular formula is C17H19BrN2O2. The molecule has 0 heterocycles. The zero-order chi connectivity index (χ0) is 14.7. The quantitative estimate of drug-likeness (QED) is 0.649. The largest absolute Gasteiger partial charge is 0.306 e. The molecule has 0 amide bonds. The van der Waals surface area contributed by atoms with Crippen LogP contribution in [0, 0.1) is 10.1 Å². The molecule has 1 aliphatic carbocycles. The molecule has 0 saturated carbocycles. The number of nitrogens with one attached hydrogen (secondary N) is 1. The van der Waals surface area contributed by atoms with Crippen LogP contribution in [0.25, 0.3) is 0 Å².